The van der Waals surface area contributed by atoms with Gasteiger partial charge in [-0.05, 0) is 37.6 Å². The molecule has 96 valence electrons. The average Bonchev–Trinajstić information content (AvgIpc) is 2.73. The van der Waals surface area contributed by atoms with Crippen molar-refractivity contribution in [1.29, 1.82) is 0 Å². The first-order chi connectivity index (χ1) is 8.52. The highest BCUT2D eigenvalue weighted by atomic mass is 79.9. The first kappa shape index (κ1) is 13.3. The van der Waals surface area contributed by atoms with Gasteiger partial charge in [0.2, 0.25) is 0 Å². The normalized spacial score (nSPS) is 12.7. The molecule has 1 atom stereocenters. The third-order valence-corrected chi connectivity index (χ3v) is 4.39. The van der Waals surface area contributed by atoms with Crippen LogP contribution in [0.3, 0.4) is 0 Å². The van der Waals surface area contributed by atoms with Gasteiger partial charge < -0.3 is 5.32 Å². The molecule has 0 fully saturated rings. The number of hydrogen-bond donors (Lipinski definition) is 1. The van der Waals surface area contributed by atoms with Crippen LogP contribution in [0.4, 0.5) is 0 Å². The summed E-state index contributed by atoms with van der Waals surface area (Å²) in [6, 6.07) is 4.61. The van der Waals surface area contributed by atoms with E-state index in [1.54, 1.807) is 0 Å². The molecule has 0 saturated heterocycles. The number of halogens is 1. The molecule has 0 radical (unpaired) electrons. The Hall–Kier alpha value is -1.13. The maximum Gasteiger partial charge on any atom is 0.0605 e. The predicted molar refractivity (Wildman–Crippen MR) is 77.7 cm³/mol. The largest absolute Gasteiger partial charge is 0.309 e. The van der Waals surface area contributed by atoms with Crippen LogP contribution in [0.15, 0.2) is 29.0 Å². The van der Waals surface area contributed by atoms with Gasteiger partial charge in [0.05, 0.1) is 12.2 Å². The van der Waals surface area contributed by atoms with Gasteiger partial charge in [0.15, 0.2) is 0 Å². The molecule has 18 heavy (non-hydrogen) atoms. The number of nitrogens with one attached hydrogen (secondary N) is 1. The average molecular weight is 308 g/mol. The molecule has 3 nitrogen and oxygen atoms in total. The Morgan fingerprint density at radius 2 is 1.83 bits per heavy atom. The summed E-state index contributed by atoms with van der Waals surface area (Å²) in [6.07, 6.45) is 3.96. The molecule has 0 aliphatic rings. The summed E-state index contributed by atoms with van der Waals surface area (Å²) >= 11 is 3.61. The van der Waals surface area contributed by atoms with Gasteiger partial charge in [0.1, 0.15) is 0 Å². The van der Waals surface area contributed by atoms with Gasteiger partial charge in [0, 0.05) is 23.3 Å². The molecule has 0 bridgehead atoms. The Kier molecular flexibility index (Phi) is 3.88. The molecule has 0 saturated carbocycles. The molecular weight excluding hydrogens is 290 g/mol. The summed E-state index contributed by atoms with van der Waals surface area (Å²) in [4.78, 5) is 0. The second-order valence-corrected chi connectivity index (χ2v) is 5.43. The zero-order valence-corrected chi connectivity index (χ0v) is 12.7. The van der Waals surface area contributed by atoms with Crippen molar-refractivity contribution in [1.82, 2.24) is 15.1 Å². The first-order valence-corrected chi connectivity index (χ1v) is 6.74. The van der Waals surface area contributed by atoms with Gasteiger partial charge in [-0.25, -0.2) is 0 Å². The standard InChI is InChI=1S/C14H18BrN3/c1-9-5-11(6-10(2)13(9)15)14(16-3)12-7-17-18(4)8-12/h5-8,14,16H,1-4H3. The van der Waals surface area contributed by atoms with E-state index in [0.717, 1.165) is 0 Å². The molecule has 2 aromatic rings. The van der Waals surface area contributed by atoms with Crippen molar-refractivity contribution in [2.75, 3.05) is 7.05 Å². The van der Waals surface area contributed by atoms with Crippen molar-refractivity contribution in [3.63, 3.8) is 0 Å². The summed E-state index contributed by atoms with van der Waals surface area (Å²) < 4.78 is 3.02. The van der Waals surface area contributed by atoms with Crippen LogP contribution in [-0.4, -0.2) is 16.8 Å². The summed E-state index contributed by atoms with van der Waals surface area (Å²) in [5.41, 5.74) is 4.97. The summed E-state index contributed by atoms with van der Waals surface area (Å²) in [5, 5.41) is 7.59. The van der Waals surface area contributed by atoms with E-state index in [-0.39, 0.29) is 6.04 Å². The van der Waals surface area contributed by atoms with E-state index in [9.17, 15) is 0 Å². The van der Waals surface area contributed by atoms with Gasteiger partial charge in [-0.3, -0.25) is 4.68 Å². The Balaban J connectivity index is 2.45. The van der Waals surface area contributed by atoms with E-state index < -0.39 is 0 Å². The topological polar surface area (TPSA) is 29.9 Å². The molecule has 2 rings (SSSR count). The lowest BCUT2D eigenvalue weighted by molar-refractivity contribution is 0.688. The third kappa shape index (κ3) is 2.49. The number of aryl methyl sites for hydroxylation is 3. The first-order valence-electron chi connectivity index (χ1n) is 5.95. The van der Waals surface area contributed by atoms with Gasteiger partial charge in [-0.1, -0.05) is 28.1 Å². The molecule has 0 aliphatic heterocycles. The second kappa shape index (κ2) is 5.24. The smallest absolute Gasteiger partial charge is 0.0605 e. The lowest BCUT2D eigenvalue weighted by Gasteiger charge is -2.17. The molecule has 1 aromatic heterocycles. The lowest BCUT2D eigenvalue weighted by Crippen LogP contribution is -2.17. The molecular formula is C14H18BrN3. The maximum atomic E-state index is 4.24. The molecule has 1 heterocycles. The zero-order valence-electron chi connectivity index (χ0n) is 11.2. The van der Waals surface area contributed by atoms with E-state index in [1.807, 2.05) is 31.2 Å². The minimum atomic E-state index is 0.184. The van der Waals surface area contributed by atoms with Crippen molar-refractivity contribution < 1.29 is 0 Å². The minimum absolute atomic E-state index is 0.184. The number of benzene rings is 1. The van der Waals surface area contributed by atoms with Crippen LogP contribution in [0.1, 0.15) is 28.3 Å². The lowest BCUT2D eigenvalue weighted by atomic mass is 9.98. The van der Waals surface area contributed by atoms with E-state index in [0.29, 0.717) is 0 Å². The van der Waals surface area contributed by atoms with Crippen LogP contribution in [0.25, 0.3) is 0 Å². The van der Waals surface area contributed by atoms with Gasteiger partial charge >= 0.3 is 0 Å². The highest BCUT2D eigenvalue weighted by Gasteiger charge is 2.15. The Bertz CT molecular complexity index is 537. The van der Waals surface area contributed by atoms with E-state index in [1.165, 1.54) is 26.7 Å². The van der Waals surface area contributed by atoms with Crippen molar-refractivity contribution in [3.05, 3.63) is 51.3 Å². The highest BCUT2D eigenvalue weighted by molar-refractivity contribution is 9.10. The fourth-order valence-electron chi connectivity index (χ4n) is 2.26. The maximum absolute atomic E-state index is 4.24. The monoisotopic (exact) mass is 307 g/mol. The van der Waals surface area contributed by atoms with Crippen molar-refractivity contribution in [2.24, 2.45) is 7.05 Å². The van der Waals surface area contributed by atoms with E-state index >= 15 is 0 Å². The molecule has 4 heteroatoms. The van der Waals surface area contributed by atoms with Crippen LogP contribution >= 0.6 is 15.9 Å². The number of rotatable bonds is 3. The fourth-order valence-corrected chi connectivity index (χ4v) is 2.49. The Labute approximate surface area is 116 Å². The fraction of sp³-hybridized carbons (Fsp3) is 0.357. The number of aromatic nitrogens is 2. The van der Waals surface area contributed by atoms with E-state index in [4.69, 9.17) is 0 Å². The Morgan fingerprint density at radius 1 is 1.22 bits per heavy atom. The predicted octanol–water partition coefficient (Wildman–Crippen LogP) is 3.11. The molecule has 0 aliphatic carbocycles. The van der Waals surface area contributed by atoms with Crippen LogP contribution in [0.5, 0.6) is 0 Å². The van der Waals surface area contributed by atoms with Crippen LogP contribution in [0, 0.1) is 13.8 Å². The highest BCUT2D eigenvalue weighted by Crippen LogP contribution is 2.28. The third-order valence-electron chi connectivity index (χ3n) is 3.14. The molecule has 0 spiro atoms. The number of nitrogens with zero attached hydrogens (tertiary/aromatic N) is 2. The SMILES string of the molecule is CNC(c1cc(C)c(Br)c(C)c1)c1cnn(C)c1. The van der Waals surface area contributed by atoms with Crippen molar-refractivity contribution in [3.8, 4) is 0 Å². The van der Waals surface area contributed by atoms with Gasteiger partial charge in [-0.15, -0.1) is 0 Å². The van der Waals surface area contributed by atoms with E-state index in [2.05, 4.69) is 52.3 Å². The van der Waals surface area contributed by atoms with Crippen LogP contribution in [0.2, 0.25) is 0 Å². The van der Waals surface area contributed by atoms with Crippen molar-refractivity contribution >= 4 is 15.9 Å². The molecule has 0 amide bonds. The van der Waals surface area contributed by atoms with Crippen LogP contribution in [-0.2, 0) is 7.05 Å². The quantitative estimate of drug-likeness (QED) is 0.944. The van der Waals surface area contributed by atoms with Gasteiger partial charge in [0.25, 0.3) is 0 Å². The van der Waals surface area contributed by atoms with Crippen molar-refractivity contribution in [2.45, 2.75) is 19.9 Å². The summed E-state index contributed by atoms with van der Waals surface area (Å²) in [6.45, 7) is 4.24. The summed E-state index contributed by atoms with van der Waals surface area (Å²) in [7, 11) is 3.92. The van der Waals surface area contributed by atoms with Gasteiger partial charge in [-0.2, -0.15) is 5.10 Å². The zero-order chi connectivity index (χ0) is 13.3. The second-order valence-electron chi connectivity index (χ2n) is 4.64. The Morgan fingerprint density at radius 3 is 2.28 bits per heavy atom. The molecule has 1 aromatic carbocycles. The molecule has 1 unspecified atom stereocenters. The van der Waals surface area contributed by atoms with Crippen LogP contribution < -0.4 is 5.32 Å². The molecule has 1 N–H and O–H groups in total. The minimum Gasteiger partial charge on any atom is -0.309 e. The summed E-state index contributed by atoms with van der Waals surface area (Å²) in [5.74, 6) is 0. The number of hydrogen-bond acceptors (Lipinski definition) is 2.